The fourth-order valence-electron chi connectivity index (χ4n) is 2.03. The van der Waals surface area contributed by atoms with Crippen LogP contribution >= 0.6 is 0 Å². The van der Waals surface area contributed by atoms with E-state index in [0.29, 0.717) is 5.56 Å². The Bertz CT molecular complexity index is 468. The summed E-state index contributed by atoms with van der Waals surface area (Å²) in [6.07, 6.45) is 5.85. The van der Waals surface area contributed by atoms with Crippen molar-refractivity contribution in [3.8, 4) is 6.07 Å². The van der Waals surface area contributed by atoms with Crippen molar-refractivity contribution in [1.29, 1.82) is 5.26 Å². The lowest BCUT2D eigenvalue weighted by molar-refractivity contribution is -0.111. The highest BCUT2D eigenvalue weighted by atomic mass is 16.1. The summed E-state index contributed by atoms with van der Waals surface area (Å²) in [7, 11) is 0. The summed E-state index contributed by atoms with van der Waals surface area (Å²) in [6.45, 7) is 0. The molecule has 0 heterocycles. The highest BCUT2D eigenvalue weighted by molar-refractivity contribution is 5.69. The monoisotopic (exact) mass is 211 g/mol. The first kappa shape index (κ1) is 10.6. The Kier molecular flexibility index (Phi) is 3.16. The van der Waals surface area contributed by atoms with Gasteiger partial charge in [0.1, 0.15) is 6.29 Å². The van der Waals surface area contributed by atoms with E-state index >= 15 is 0 Å². The van der Waals surface area contributed by atoms with Gasteiger partial charge in [0.15, 0.2) is 0 Å². The Morgan fingerprint density at radius 2 is 2.31 bits per heavy atom. The third-order valence-corrected chi connectivity index (χ3v) is 3.01. The van der Waals surface area contributed by atoms with Crippen LogP contribution in [0.3, 0.4) is 0 Å². The van der Waals surface area contributed by atoms with Crippen LogP contribution in [0.5, 0.6) is 0 Å². The average Bonchev–Trinajstić information content (AvgIpc) is 2.39. The molecule has 1 aliphatic carbocycles. The van der Waals surface area contributed by atoms with E-state index in [1.165, 1.54) is 5.57 Å². The number of carbonyl (C=O) groups excluding carboxylic acids is 1. The molecule has 0 radical (unpaired) electrons. The van der Waals surface area contributed by atoms with Crippen LogP contribution in [-0.2, 0) is 4.79 Å². The number of hydrogen-bond donors (Lipinski definition) is 0. The lowest BCUT2D eigenvalue weighted by atomic mass is 9.87. The van der Waals surface area contributed by atoms with Crippen molar-refractivity contribution in [2.45, 2.75) is 19.3 Å². The maximum atomic E-state index is 10.6. The molecular weight excluding hydrogens is 198 g/mol. The van der Waals surface area contributed by atoms with E-state index < -0.39 is 0 Å². The summed E-state index contributed by atoms with van der Waals surface area (Å²) in [6, 6.07) is 9.78. The summed E-state index contributed by atoms with van der Waals surface area (Å²) in [5, 5.41) is 8.82. The molecule has 0 fully saturated rings. The van der Waals surface area contributed by atoms with Gasteiger partial charge in [-0.2, -0.15) is 5.26 Å². The molecule has 1 unspecified atom stereocenters. The molecule has 2 nitrogen and oxygen atoms in total. The summed E-state index contributed by atoms with van der Waals surface area (Å²) >= 11 is 0. The van der Waals surface area contributed by atoms with Gasteiger partial charge in [0.2, 0.25) is 0 Å². The Morgan fingerprint density at radius 1 is 1.44 bits per heavy atom. The Balaban J connectivity index is 2.22. The standard InChI is InChI=1S/C14H13NO/c15-9-12-2-1-3-14(8-12)13-6-4-11(10-16)5-7-13/h1-3,6,8,10-11H,4-5,7H2. The molecule has 0 aromatic heterocycles. The maximum Gasteiger partial charge on any atom is 0.123 e. The fourth-order valence-corrected chi connectivity index (χ4v) is 2.03. The van der Waals surface area contributed by atoms with E-state index in [4.69, 9.17) is 5.26 Å². The highest BCUT2D eigenvalue weighted by Gasteiger charge is 2.14. The number of hydrogen-bond acceptors (Lipinski definition) is 2. The Labute approximate surface area is 95.2 Å². The number of benzene rings is 1. The van der Waals surface area contributed by atoms with Crippen LogP contribution in [-0.4, -0.2) is 6.29 Å². The number of nitriles is 1. The van der Waals surface area contributed by atoms with E-state index in [1.807, 2.05) is 18.2 Å². The molecule has 0 bridgehead atoms. The molecule has 0 N–H and O–H groups in total. The summed E-state index contributed by atoms with van der Waals surface area (Å²) in [5.74, 6) is 0.183. The van der Waals surface area contributed by atoms with Crippen LogP contribution in [0, 0.1) is 17.2 Å². The minimum atomic E-state index is 0.183. The van der Waals surface area contributed by atoms with Gasteiger partial charge in [-0.15, -0.1) is 0 Å². The van der Waals surface area contributed by atoms with E-state index in [9.17, 15) is 4.79 Å². The van der Waals surface area contributed by atoms with Crippen LogP contribution in [0.1, 0.15) is 30.4 Å². The van der Waals surface area contributed by atoms with Crippen LogP contribution in [0.25, 0.3) is 5.57 Å². The second-order valence-electron chi connectivity index (χ2n) is 4.09. The number of nitrogens with zero attached hydrogens (tertiary/aromatic N) is 1. The minimum absolute atomic E-state index is 0.183. The molecule has 16 heavy (non-hydrogen) atoms. The van der Waals surface area contributed by atoms with Crippen molar-refractivity contribution in [3.05, 3.63) is 41.5 Å². The molecule has 0 saturated carbocycles. The second kappa shape index (κ2) is 4.76. The summed E-state index contributed by atoms with van der Waals surface area (Å²) in [4.78, 5) is 10.6. The normalized spacial score (nSPS) is 19.7. The first-order valence-corrected chi connectivity index (χ1v) is 5.48. The third kappa shape index (κ3) is 2.20. The van der Waals surface area contributed by atoms with Crippen LogP contribution in [0.2, 0.25) is 0 Å². The van der Waals surface area contributed by atoms with E-state index in [-0.39, 0.29) is 5.92 Å². The van der Waals surface area contributed by atoms with Crippen LogP contribution in [0.4, 0.5) is 0 Å². The molecule has 0 aliphatic heterocycles. The molecule has 0 spiro atoms. The van der Waals surface area contributed by atoms with Crippen molar-refractivity contribution >= 4 is 11.9 Å². The minimum Gasteiger partial charge on any atom is -0.303 e. The van der Waals surface area contributed by atoms with Crippen molar-refractivity contribution in [1.82, 2.24) is 0 Å². The zero-order chi connectivity index (χ0) is 11.4. The third-order valence-electron chi connectivity index (χ3n) is 3.01. The lowest BCUT2D eigenvalue weighted by Gasteiger charge is -2.17. The highest BCUT2D eigenvalue weighted by Crippen LogP contribution is 2.29. The Morgan fingerprint density at radius 3 is 2.94 bits per heavy atom. The van der Waals surface area contributed by atoms with Crippen LogP contribution in [0.15, 0.2) is 30.3 Å². The first-order valence-electron chi connectivity index (χ1n) is 5.48. The van der Waals surface area contributed by atoms with Gasteiger partial charge in [-0.05, 0) is 42.5 Å². The average molecular weight is 211 g/mol. The maximum absolute atomic E-state index is 10.6. The predicted molar refractivity (Wildman–Crippen MR) is 62.5 cm³/mol. The molecular formula is C14H13NO. The zero-order valence-corrected chi connectivity index (χ0v) is 9.02. The fraction of sp³-hybridized carbons (Fsp3) is 0.286. The van der Waals surface area contributed by atoms with E-state index in [2.05, 4.69) is 12.1 Å². The van der Waals surface area contributed by atoms with Gasteiger partial charge in [-0.1, -0.05) is 18.2 Å². The van der Waals surface area contributed by atoms with Crippen molar-refractivity contribution in [2.75, 3.05) is 0 Å². The quantitative estimate of drug-likeness (QED) is 0.706. The first-order chi connectivity index (χ1) is 7.83. The molecule has 1 aromatic carbocycles. The molecule has 80 valence electrons. The van der Waals surface area contributed by atoms with E-state index in [0.717, 1.165) is 31.1 Å². The number of allylic oxidation sites excluding steroid dienone is 2. The number of aldehydes is 1. The largest absolute Gasteiger partial charge is 0.303 e. The van der Waals surface area contributed by atoms with Crippen molar-refractivity contribution < 1.29 is 4.79 Å². The van der Waals surface area contributed by atoms with Gasteiger partial charge < -0.3 is 4.79 Å². The van der Waals surface area contributed by atoms with Crippen molar-refractivity contribution in [3.63, 3.8) is 0 Å². The molecule has 0 amide bonds. The summed E-state index contributed by atoms with van der Waals surface area (Å²) in [5.41, 5.74) is 3.06. The summed E-state index contributed by atoms with van der Waals surface area (Å²) < 4.78 is 0. The van der Waals surface area contributed by atoms with Gasteiger partial charge in [0, 0.05) is 5.92 Å². The Hall–Kier alpha value is -1.88. The topological polar surface area (TPSA) is 40.9 Å². The van der Waals surface area contributed by atoms with Crippen molar-refractivity contribution in [2.24, 2.45) is 5.92 Å². The van der Waals surface area contributed by atoms with Crippen LogP contribution < -0.4 is 0 Å². The smallest absolute Gasteiger partial charge is 0.123 e. The van der Waals surface area contributed by atoms with Gasteiger partial charge in [0.25, 0.3) is 0 Å². The molecule has 1 aliphatic rings. The predicted octanol–water partition coefficient (Wildman–Crippen LogP) is 2.94. The second-order valence-corrected chi connectivity index (χ2v) is 4.09. The molecule has 2 rings (SSSR count). The van der Waals surface area contributed by atoms with E-state index in [1.54, 1.807) is 6.07 Å². The SMILES string of the molecule is N#Cc1cccc(C2=CCC(C=O)CC2)c1. The zero-order valence-electron chi connectivity index (χ0n) is 9.02. The molecule has 1 aromatic rings. The van der Waals surface area contributed by atoms with Gasteiger partial charge in [-0.25, -0.2) is 0 Å². The molecule has 1 atom stereocenters. The molecule has 2 heteroatoms. The molecule has 0 saturated heterocycles. The number of carbonyl (C=O) groups is 1. The number of rotatable bonds is 2. The van der Waals surface area contributed by atoms with Gasteiger partial charge >= 0.3 is 0 Å². The lowest BCUT2D eigenvalue weighted by Crippen LogP contribution is -2.06. The van der Waals surface area contributed by atoms with Gasteiger partial charge in [-0.3, -0.25) is 0 Å². The van der Waals surface area contributed by atoms with Gasteiger partial charge in [0.05, 0.1) is 11.6 Å².